The van der Waals surface area contributed by atoms with E-state index in [2.05, 4.69) is 9.88 Å². The van der Waals surface area contributed by atoms with E-state index in [4.69, 9.17) is 13.9 Å². The van der Waals surface area contributed by atoms with Crippen LogP contribution in [0.5, 0.6) is 5.75 Å². The molecule has 0 aliphatic carbocycles. The van der Waals surface area contributed by atoms with Crippen molar-refractivity contribution in [2.45, 2.75) is 38.5 Å². The van der Waals surface area contributed by atoms with Gasteiger partial charge in [-0.3, -0.25) is 14.7 Å². The summed E-state index contributed by atoms with van der Waals surface area (Å²) in [6.07, 6.45) is 8.44. The van der Waals surface area contributed by atoms with Crippen molar-refractivity contribution in [1.29, 1.82) is 0 Å². The van der Waals surface area contributed by atoms with Gasteiger partial charge in [-0.2, -0.15) is 4.31 Å². The first-order chi connectivity index (χ1) is 17.2. The molecule has 0 radical (unpaired) electrons. The van der Waals surface area contributed by atoms with Gasteiger partial charge in [0.15, 0.2) is 0 Å². The van der Waals surface area contributed by atoms with Crippen LogP contribution in [0.3, 0.4) is 0 Å². The van der Waals surface area contributed by atoms with E-state index >= 15 is 0 Å². The third-order valence-electron chi connectivity index (χ3n) is 6.98. The number of sulfonamides is 1. The van der Waals surface area contributed by atoms with Crippen LogP contribution in [0, 0.1) is 0 Å². The van der Waals surface area contributed by atoms with Gasteiger partial charge in [-0.15, -0.1) is 0 Å². The van der Waals surface area contributed by atoms with Gasteiger partial charge in [-0.25, -0.2) is 8.42 Å². The summed E-state index contributed by atoms with van der Waals surface area (Å²) >= 11 is 0. The zero-order valence-corrected chi connectivity index (χ0v) is 21.7. The quantitative estimate of drug-likeness (QED) is 0.471. The lowest BCUT2D eigenvalue weighted by Crippen LogP contribution is -2.52. The minimum Gasteiger partial charge on any atom is -0.489 e. The van der Waals surface area contributed by atoms with Crippen LogP contribution < -0.4 is 10.3 Å². The molecular weight excluding hydrogens is 484 g/mol. The zero-order valence-electron chi connectivity index (χ0n) is 20.8. The van der Waals surface area contributed by atoms with E-state index in [9.17, 15) is 13.2 Å². The highest BCUT2D eigenvalue weighted by atomic mass is 32.2. The van der Waals surface area contributed by atoms with Gasteiger partial charge < -0.3 is 18.5 Å². The Morgan fingerprint density at radius 3 is 2.81 bits per heavy atom. The van der Waals surface area contributed by atoms with Gasteiger partial charge in [-0.05, 0) is 31.9 Å². The van der Waals surface area contributed by atoms with Gasteiger partial charge in [0.2, 0.25) is 10.0 Å². The largest absolute Gasteiger partial charge is 0.489 e. The van der Waals surface area contributed by atoms with Crippen molar-refractivity contribution in [1.82, 2.24) is 18.8 Å². The van der Waals surface area contributed by atoms with Gasteiger partial charge in [0.1, 0.15) is 23.7 Å². The van der Waals surface area contributed by atoms with Crippen molar-refractivity contribution in [3.8, 4) is 16.9 Å². The molecule has 2 aliphatic heterocycles. The molecule has 5 rings (SSSR count). The van der Waals surface area contributed by atoms with Crippen molar-refractivity contribution in [3.63, 3.8) is 0 Å². The van der Waals surface area contributed by atoms with Crippen LogP contribution in [0.25, 0.3) is 22.1 Å². The summed E-state index contributed by atoms with van der Waals surface area (Å²) in [6, 6.07) is 3.67. The number of ether oxygens (including phenoxy) is 2. The highest BCUT2D eigenvalue weighted by molar-refractivity contribution is 7.88. The number of pyridine rings is 2. The summed E-state index contributed by atoms with van der Waals surface area (Å²) in [7, 11) is -1.50. The summed E-state index contributed by atoms with van der Waals surface area (Å²) < 4.78 is 45.0. The SMILES string of the molecule is C[C@@H]1CN(S(C)(=O)=O)CCN1Cc1cc2c(=O)n(C)cc(-c3ccncc3OCC3CCCO3)c2o1. The molecule has 2 atom stereocenters. The van der Waals surface area contributed by atoms with Gasteiger partial charge in [0.25, 0.3) is 5.56 Å². The van der Waals surface area contributed by atoms with Crippen molar-refractivity contribution in [2.75, 3.05) is 39.1 Å². The molecule has 3 aromatic rings. The van der Waals surface area contributed by atoms with Crippen LogP contribution in [0.2, 0.25) is 0 Å². The Kier molecular flexibility index (Phi) is 6.90. The molecule has 2 fully saturated rings. The lowest BCUT2D eigenvalue weighted by atomic mass is 10.1. The van der Waals surface area contributed by atoms with Crippen LogP contribution in [0.1, 0.15) is 25.5 Å². The molecule has 11 heteroatoms. The van der Waals surface area contributed by atoms with E-state index in [0.717, 1.165) is 30.6 Å². The maximum absolute atomic E-state index is 13.0. The second-order valence-corrected chi connectivity index (χ2v) is 11.7. The Bertz CT molecular complexity index is 1410. The van der Waals surface area contributed by atoms with Crippen molar-refractivity contribution in [2.24, 2.45) is 7.05 Å². The van der Waals surface area contributed by atoms with Gasteiger partial charge in [-0.1, -0.05) is 0 Å². The predicted molar refractivity (Wildman–Crippen MR) is 135 cm³/mol. The lowest BCUT2D eigenvalue weighted by Gasteiger charge is -2.38. The molecule has 2 aliphatic rings. The molecule has 5 heterocycles. The van der Waals surface area contributed by atoms with E-state index in [0.29, 0.717) is 55.3 Å². The summed E-state index contributed by atoms with van der Waals surface area (Å²) in [5, 5.41) is 0.495. The number of aryl methyl sites for hydroxylation is 1. The number of aromatic nitrogens is 2. The number of furan rings is 1. The number of rotatable bonds is 7. The van der Waals surface area contributed by atoms with Gasteiger partial charge >= 0.3 is 0 Å². The first-order valence-electron chi connectivity index (χ1n) is 12.2. The molecule has 1 unspecified atom stereocenters. The average molecular weight is 517 g/mol. The average Bonchev–Trinajstić information content (AvgIpc) is 3.51. The first-order valence-corrected chi connectivity index (χ1v) is 14.1. The molecule has 194 valence electrons. The van der Waals surface area contributed by atoms with Crippen LogP contribution in [-0.2, 0) is 28.4 Å². The summed E-state index contributed by atoms with van der Waals surface area (Å²) in [4.78, 5) is 19.4. The van der Waals surface area contributed by atoms with Crippen LogP contribution in [-0.4, -0.2) is 78.4 Å². The van der Waals surface area contributed by atoms with E-state index in [1.807, 2.05) is 13.0 Å². The Morgan fingerprint density at radius 2 is 2.08 bits per heavy atom. The highest BCUT2D eigenvalue weighted by Gasteiger charge is 2.29. The van der Waals surface area contributed by atoms with Crippen molar-refractivity contribution in [3.05, 3.63) is 46.8 Å². The van der Waals surface area contributed by atoms with Crippen LogP contribution >= 0.6 is 0 Å². The van der Waals surface area contributed by atoms with Gasteiger partial charge in [0, 0.05) is 62.9 Å². The second kappa shape index (κ2) is 9.97. The molecule has 36 heavy (non-hydrogen) atoms. The third-order valence-corrected chi connectivity index (χ3v) is 8.25. The molecule has 0 aromatic carbocycles. The molecule has 0 amide bonds. The zero-order chi connectivity index (χ0) is 25.4. The maximum atomic E-state index is 13.0. The van der Waals surface area contributed by atoms with E-state index in [1.165, 1.54) is 10.6 Å². The van der Waals surface area contributed by atoms with Crippen molar-refractivity contribution >= 4 is 21.0 Å². The van der Waals surface area contributed by atoms with E-state index in [-0.39, 0.29) is 17.7 Å². The molecule has 2 saturated heterocycles. The number of nitrogens with zero attached hydrogens (tertiary/aromatic N) is 4. The monoisotopic (exact) mass is 516 g/mol. The minimum atomic E-state index is -3.22. The fraction of sp³-hybridized carbons (Fsp3) is 0.520. The molecule has 0 N–H and O–H groups in total. The number of hydrogen-bond donors (Lipinski definition) is 0. The second-order valence-electron chi connectivity index (χ2n) is 9.67. The van der Waals surface area contributed by atoms with E-state index < -0.39 is 10.0 Å². The number of hydrogen-bond acceptors (Lipinski definition) is 8. The molecular formula is C25H32N4O6S. The normalized spacial score (nSPS) is 21.9. The van der Waals surface area contributed by atoms with Gasteiger partial charge in [0.05, 0.1) is 30.5 Å². The number of fused-ring (bicyclic) bond motifs is 1. The lowest BCUT2D eigenvalue weighted by molar-refractivity contribution is 0.0680. The summed E-state index contributed by atoms with van der Waals surface area (Å²) in [5.74, 6) is 1.27. The fourth-order valence-electron chi connectivity index (χ4n) is 4.95. The summed E-state index contributed by atoms with van der Waals surface area (Å²) in [6.45, 7) is 5.11. The molecule has 0 bridgehead atoms. The number of piperazine rings is 1. The standard InChI is InChI=1S/C25H32N4O6S/c1-17-13-29(36(3,31)32)9-8-28(17)14-19-11-21-24(35-19)22(15-27(2)25(21)30)20-6-7-26-12-23(20)34-16-18-5-4-10-33-18/h6-7,11-12,15,17-18H,4-5,8-10,13-14,16H2,1-3H3/t17-,18?/m1/s1. The predicted octanol–water partition coefficient (Wildman–Crippen LogP) is 2.22. The Labute approximate surface area is 210 Å². The Morgan fingerprint density at radius 1 is 1.25 bits per heavy atom. The van der Waals surface area contributed by atoms with Crippen LogP contribution in [0.15, 0.2) is 39.9 Å². The molecule has 3 aromatic heterocycles. The summed E-state index contributed by atoms with van der Waals surface area (Å²) in [5.41, 5.74) is 1.90. The first kappa shape index (κ1) is 24.9. The molecule has 0 saturated carbocycles. The topological polar surface area (TPSA) is 107 Å². The van der Waals surface area contributed by atoms with Crippen LogP contribution in [0.4, 0.5) is 0 Å². The Balaban J connectivity index is 1.44. The third kappa shape index (κ3) is 5.06. The highest BCUT2D eigenvalue weighted by Crippen LogP contribution is 2.35. The molecule has 10 nitrogen and oxygen atoms in total. The maximum Gasteiger partial charge on any atom is 0.261 e. The minimum absolute atomic E-state index is 0.0157. The van der Waals surface area contributed by atoms with E-state index in [1.54, 1.807) is 36.3 Å². The fourth-order valence-corrected chi connectivity index (χ4v) is 5.85. The van der Waals surface area contributed by atoms with Crippen molar-refractivity contribution < 1.29 is 22.3 Å². The Hall–Kier alpha value is -2.73. The molecule has 0 spiro atoms. The smallest absolute Gasteiger partial charge is 0.261 e.